The van der Waals surface area contributed by atoms with E-state index in [0.717, 1.165) is 0 Å². The highest BCUT2D eigenvalue weighted by molar-refractivity contribution is 5.95. The van der Waals surface area contributed by atoms with Gasteiger partial charge in [-0.15, -0.1) is 0 Å². The molecule has 5 nitrogen and oxygen atoms in total. The lowest BCUT2D eigenvalue weighted by atomic mass is 10.2. The quantitative estimate of drug-likeness (QED) is 0.891. The number of amides is 1. The Labute approximate surface area is 130 Å². The number of nitrogens with one attached hydrogen (secondary N) is 1. The number of carbonyl (C=O) groups excluding carboxylic acids is 1. The second-order valence-corrected chi connectivity index (χ2v) is 4.93. The summed E-state index contributed by atoms with van der Waals surface area (Å²) in [6, 6.07) is 10.9. The van der Waals surface area contributed by atoms with Crippen molar-refractivity contribution in [3.8, 4) is 11.5 Å². The van der Waals surface area contributed by atoms with Crippen LogP contribution in [-0.4, -0.2) is 30.6 Å². The number of aryl methyl sites for hydroxylation is 1. The number of nitrogens with zero attached hydrogens (tertiary/aromatic N) is 1. The van der Waals surface area contributed by atoms with Crippen LogP contribution < -0.4 is 14.8 Å². The molecule has 0 spiro atoms. The summed E-state index contributed by atoms with van der Waals surface area (Å²) in [7, 11) is 1.60. The molecule has 1 aromatic carbocycles. The Morgan fingerprint density at radius 3 is 2.64 bits per heavy atom. The van der Waals surface area contributed by atoms with Gasteiger partial charge in [-0.25, -0.2) is 0 Å². The van der Waals surface area contributed by atoms with Crippen molar-refractivity contribution in [2.45, 2.75) is 20.0 Å². The molecule has 1 N–H and O–H groups in total. The van der Waals surface area contributed by atoms with Crippen LogP contribution in [0.15, 0.2) is 42.6 Å². The second-order valence-electron chi connectivity index (χ2n) is 4.93. The molecular weight excluding hydrogens is 280 g/mol. The minimum Gasteiger partial charge on any atom is -0.493 e. The van der Waals surface area contributed by atoms with Gasteiger partial charge in [0.15, 0.2) is 11.5 Å². The number of methoxy groups -OCH3 is 1. The van der Waals surface area contributed by atoms with Crippen LogP contribution >= 0.6 is 0 Å². The van der Waals surface area contributed by atoms with E-state index in [0.29, 0.717) is 29.3 Å². The number of benzene rings is 1. The minimum atomic E-state index is -0.183. The summed E-state index contributed by atoms with van der Waals surface area (Å²) in [4.78, 5) is 16.2. The maximum Gasteiger partial charge on any atom is 0.253 e. The van der Waals surface area contributed by atoms with Crippen molar-refractivity contribution in [3.63, 3.8) is 0 Å². The van der Waals surface area contributed by atoms with E-state index in [1.54, 1.807) is 25.4 Å². The topological polar surface area (TPSA) is 60.5 Å². The van der Waals surface area contributed by atoms with Gasteiger partial charge in [0, 0.05) is 11.9 Å². The van der Waals surface area contributed by atoms with E-state index in [1.807, 2.05) is 38.1 Å². The highest BCUT2D eigenvalue weighted by Crippen LogP contribution is 2.26. The molecule has 0 saturated carbocycles. The van der Waals surface area contributed by atoms with Crippen LogP contribution in [0.4, 0.5) is 0 Å². The maximum absolute atomic E-state index is 12.1. The standard InChI is InChI=1S/C17H20N2O3/c1-12(22-16-9-5-4-8-15(16)21-3)11-19-17(20)14-7-6-10-18-13(14)2/h4-10,12H,11H2,1-3H3,(H,19,20). The monoisotopic (exact) mass is 300 g/mol. The first kappa shape index (κ1) is 15.8. The van der Waals surface area contributed by atoms with E-state index in [1.165, 1.54) is 0 Å². The van der Waals surface area contributed by atoms with Crippen molar-refractivity contribution >= 4 is 5.91 Å². The van der Waals surface area contributed by atoms with Gasteiger partial charge in [0.1, 0.15) is 6.10 Å². The van der Waals surface area contributed by atoms with Crippen molar-refractivity contribution in [3.05, 3.63) is 53.9 Å². The average molecular weight is 300 g/mol. The van der Waals surface area contributed by atoms with Crippen LogP contribution in [0.2, 0.25) is 0 Å². The molecule has 0 aliphatic carbocycles. The molecule has 1 unspecified atom stereocenters. The van der Waals surface area contributed by atoms with Gasteiger partial charge in [0.05, 0.1) is 19.2 Å². The fourth-order valence-electron chi connectivity index (χ4n) is 2.03. The highest BCUT2D eigenvalue weighted by atomic mass is 16.5. The molecule has 2 rings (SSSR count). The first-order valence-electron chi connectivity index (χ1n) is 7.11. The van der Waals surface area contributed by atoms with Gasteiger partial charge in [-0.05, 0) is 38.1 Å². The molecule has 0 aliphatic heterocycles. The Bertz CT molecular complexity index is 643. The lowest BCUT2D eigenvalue weighted by molar-refractivity contribution is 0.0930. The van der Waals surface area contributed by atoms with E-state index in [-0.39, 0.29) is 12.0 Å². The SMILES string of the molecule is COc1ccccc1OC(C)CNC(=O)c1cccnc1C. The first-order chi connectivity index (χ1) is 10.6. The lowest BCUT2D eigenvalue weighted by Gasteiger charge is -2.17. The molecular formula is C17H20N2O3. The summed E-state index contributed by atoms with van der Waals surface area (Å²) in [5.41, 5.74) is 1.28. The molecule has 0 saturated heterocycles. The normalized spacial score (nSPS) is 11.6. The van der Waals surface area contributed by atoms with Crippen molar-refractivity contribution in [2.24, 2.45) is 0 Å². The summed E-state index contributed by atoms with van der Waals surface area (Å²) in [5, 5.41) is 2.85. The smallest absolute Gasteiger partial charge is 0.253 e. The van der Waals surface area contributed by atoms with Crippen molar-refractivity contribution < 1.29 is 14.3 Å². The van der Waals surface area contributed by atoms with Gasteiger partial charge < -0.3 is 14.8 Å². The van der Waals surface area contributed by atoms with E-state index >= 15 is 0 Å². The Balaban J connectivity index is 1.91. The number of pyridine rings is 1. The van der Waals surface area contributed by atoms with Gasteiger partial charge in [0.25, 0.3) is 5.91 Å². The fourth-order valence-corrected chi connectivity index (χ4v) is 2.03. The first-order valence-corrected chi connectivity index (χ1v) is 7.11. The minimum absolute atomic E-state index is 0.152. The van der Waals surface area contributed by atoms with Crippen LogP contribution in [0.1, 0.15) is 23.0 Å². The van der Waals surface area contributed by atoms with E-state index in [2.05, 4.69) is 10.3 Å². The van der Waals surface area contributed by atoms with Gasteiger partial charge >= 0.3 is 0 Å². The van der Waals surface area contributed by atoms with Crippen LogP contribution in [0.3, 0.4) is 0 Å². The number of ether oxygens (including phenoxy) is 2. The van der Waals surface area contributed by atoms with Gasteiger partial charge in [-0.2, -0.15) is 0 Å². The Kier molecular flexibility index (Phi) is 5.36. The fraction of sp³-hybridized carbons (Fsp3) is 0.294. The Hall–Kier alpha value is -2.56. The Morgan fingerprint density at radius 2 is 1.95 bits per heavy atom. The summed E-state index contributed by atoms with van der Waals surface area (Å²) < 4.78 is 11.0. The second kappa shape index (κ2) is 7.45. The summed E-state index contributed by atoms with van der Waals surface area (Å²) in [6.07, 6.45) is 1.48. The van der Waals surface area contributed by atoms with Gasteiger partial charge in [-0.1, -0.05) is 12.1 Å². The van der Waals surface area contributed by atoms with E-state index in [9.17, 15) is 4.79 Å². The van der Waals surface area contributed by atoms with E-state index < -0.39 is 0 Å². The van der Waals surface area contributed by atoms with Gasteiger partial charge in [-0.3, -0.25) is 9.78 Å². The summed E-state index contributed by atoms with van der Waals surface area (Å²) in [6.45, 7) is 4.09. The average Bonchev–Trinajstić information content (AvgIpc) is 2.53. The molecule has 2 aromatic rings. The number of rotatable bonds is 6. The predicted molar refractivity (Wildman–Crippen MR) is 84.4 cm³/mol. The van der Waals surface area contributed by atoms with Crippen LogP contribution in [0.5, 0.6) is 11.5 Å². The third-order valence-electron chi connectivity index (χ3n) is 3.20. The summed E-state index contributed by atoms with van der Waals surface area (Å²) in [5.74, 6) is 1.18. The molecule has 116 valence electrons. The van der Waals surface area contributed by atoms with Crippen LogP contribution in [0, 0.1) is 6.92 Å². The van der Waals surface area contributed by atoms with E-state index in [4.69, 9.17) is 9.47 Å². The number of hydrogen-bond donors (Lipinski definition) is 1. The van der Waals surface area contributed by atoms with Gasteiger partial charge in [0.2, 0.25) is 0 Å². The number of hydrogen-bond acceptors (Lipinski definition) is 4. The van der Waals surface area contributed by atoms with Crippen molar-refractivity contribution in [1.82, 2.24) is 10.3 Å². The number of aromatic nitrogens is 1. The molecule has 1 aromatic heterocycles. The molecule has 22 heavy (non-hydrogen) atoms. The molecule has 0 bridgehead atoms. The Morgan fingerprint density at radius 1 is 1.23 bits per heavy atom. The third kappa shape index (κ3) is 3.97. The highest BCUT2D eigenvalue weighted by Gasteiger charge is 2.12. The molecule has 1 amide bonds. The largest absolute Gasteiger partial charge is 0.493 e. The zero-order chi connectivity index (χ0) is 15.9. The molecule has 1 heterocycles. The number of para-hydroxylation sites is 2. The lowest BCUT2D eigenvalue weighted by Crippen LogP contribution is -2.34. The van der Waals surface area contributed by atoms with Crippen molar-refractivity contribution in [1.29, 1.82) is 0 Å². The zero-order valence-electron chi connectivity index (χ0n) is 13.0. The summed E-state index contributed by atoms with van der Waals surface area (Å²) >= 11 is 0. The molecule has 0 aliphatic rings. The molecule has 5 heteroatoms. The maximum atomic E-state index is 12.1. The van der Waals surface area contributed by atoms with Crippen LogP contribution in [-0.2, 0) is 0 Å². The molecule has 0 fully saturated rings. The molecule has 0 radical (unpaired) electrons. The van der Waals surface area contributed by atoms with Crippen molar-refractivity contribution in [2.75, 3.05) is 13.7 Å². The third-order valence-corrected chi connectivity index (χ3v) is 3.20. The zero-order valence-corrected chi connectivity index (χ0v) is 13.0. The predicted octanol–water partition coefficient (Wildman–Crippen LogP) is 2.60. The van der Waals surface area contributed by atoms with Crippen LogP contribution in [0.25, 0.3) is 0 Å². The molecule has 1 atom stereocenters. The number of carbonyl (C=O) groups is 1.